The van der Waals surface area contributed by atoms with Crippen LogP contribution < -0.4 is 9.80 Å². The first-order valence-electron chi connectivity index (χ1n) is 6.64. The molecular formula is C16H19N3O2. The van der Waals surface area contributed by atoms with E-state index in [1.54, 1.807) is 6.08 Å². The third-order valence-corrected chi connectivity index (χ3v) is 3.33. The van der Waals surface area contributed by atoms with Crippen molar-refractivity contribution in [1.82, 2.24) is 0 Å². The van der Waals surface area contributed by atoms with Gasteiger partial charge in [0.15, 0.2) is 0 Å². The van der Waals surface area contributed by atoms with Crippen LogP contribution in [0.15, 0.2) is 36.5 Å². The van der Waals surface area contributed by atoms with E-state index in [4.69, 9.17) is 0 Å². The third kappa shape index (κ3) is 2.97. The summed E-state index contributed by atoms with van der Waals surface area (Å²) in [6.07, 6.45) is 2.52. The number of hydrogen-bond acceptors (Lipinski definition) is 4. The predicted octanol–water partition coefficient (Wildman–Crippen LogP) is 3.22. The summed E-state index contributed by atoms with van der Waals surface area (Å²) >= 11 is 0. The second kappa shape index (κ2) is 5.83. The summed E-state index contributed by atoms with van der Waals surface area (Å²) in [7, 11) is 7.89. The minimum atomic E-state index is -0.443. The van der Waals surface area contributed by atoms with E-state index >= 15 is 0 Å². The van der Waals surface area contributed by atoms with Crippen LogP contribution in [0.2, 0.25) is 0 Å². The number of rotatable bonds is 4. The van der Waals surface area contributed by atoms with Gasteiger partial charge in [0.2, 0.25) is 6.20 Å². The van der Waals surface area contributed by atoms with Crippen LogP contribution in [-0.2, 0) is 0 Å². The van der Waals surface area contributed by atoms with Crippen molar-refractivity contribution in [3.05, 3.63) is 52.2 Å². The van der Waals surface area contributed by atoms with Gasteiger partial charge in [-0.2, -0.15) is 0 Å². The normalized spacial score (nSPS) is 11.0. The van der Waals surface area contributed by atoms with Crippen molar-refractivity contribution in [2.45, 2.75) is 0 Å². The molecule has 21 heavy (non-hydrogen) atoms. The van der Waals surface area contributed by atoms with Crippen LogP contribution in [0.5, 0.6) is 0 Å². The van der Waals surface area contributed by atoms with Crippen LogP contribution in [0.25, 0.3) is 16.8 Å². The first kappa shape index (κ1) is 14.8. The standard InChI is InChI=1S/C16H19N3O2/c1-17(2)14-7-5-6-12-8-9-13(10-11-19(20)21)16(15(12)14)18(3)4/h5-11H,1-4H3/b11-10+. The fourth-order valence-electron chi connectivity index (χ4n) is 2.49. The molecule has 0 N–H and O–H groups in total. The fraction of sp³-hybridized carbons (Fsp3) is 0.250. The molecule has 5 heteroatoms. The molecule has 2 rings (SSSR count). The van der Waals surface area contributed by atoms with E-state index in [-0.39, 0.29) is 0 Å². The Morgan fingerprint density at radius 2 is 1.76 bits per heavy atom. The lowest BCUT2D eigenvalue weighted by molar-refractivity contribution is -0.400. The Bertz CT molecular complexity index is 706. The summed E-state index contributed by atoms with van der Waals surface area (Å²) in [4.78, 5) is 14.2. The molecule has 5 nitrogen and oxygen atoms in total. The molecule has 0 amide bonds. The van der Waals surface area contributed by atoms with Crippen LogP contribution in [0.1, 0.15) is 5.56 Å². The summed E-state index contributed by atoms with van der Waals surface area (Å²) < 4.78 is 0. The zero-order chi connectivity index (χ0) is 15.6. The van der Waals surface area contributed by atoms with Gasteiger partial charge in [0, 0.05) is 50.9 Å². The summed E-state index contributed by atoms with van der Waals surface area (Å²) in [5, 5.41) is 12.8. The van der Waals surface area contributed by atoms with Gasteiger partial charge in [-0.1, -0.05) is 24.3 Å². The molecule has 2 aromatic rings. The number of hydrogen-bond donors (Lipinski definition) is 0. The summed E-state index contributed by atoms with van der Waals surface area (Å²) in [6.45, 7) is 0. The minimum absolute atomic E-state index is 0.443. The molecule has 0 heterocycles. The summed E-state index contributed by atoms with van der Waals surface area (Å²) in [5.41, 5.74) is 2.90. The fourth-order valence-corrected chi connectivity index (χ4v) is 2.49. The Morgan fingerprint density at radius 3 is 2.33 bits per heavy atom. The van der Waals surface area contributed by atoms with Crippen LogP contribution in [0.4, 0.5) is 11.4 Å². The number of benzene rings is 2. The molecule has 2 aromatic carbocycles. The van der Waals surface area contributed by atoms with Gasteiger partial charge in [0.1, 0.15) is 0 Å². The highest BCUT2D eigenvalue weighted by Gasteiger charge is 2.13. The van der Waals surface area contributed by atoms with Gasteiger partial charge in [-0.15, -0.1) is 0 Å². The van der Waals surface area contributed by atoms with Crippen molar-refractivity contribution in [3.8, 4) is 0 Å². The zero-order valence-corrected chi connectivity index (χ0v) is 12.7. The van der Waals surface area contributed by atoms with Crippen LogP contribution >= 0.6 is 0 Å². The molecule has 110 valence electrons. The van der Waals surface area contributed by atoms with Gasteiger partial charge >= 0.3 is 0 Å². The van der Waals surface area contributed by atoms with Gasteiger partial charge in [0.25, 0.3) is 0 Å². The van der Waals surface area contributed by atoms with Crippen molar-refractivity contribution in [2.24, 2.45) is 0 Å². The molecule has 0 atom stereocenters. The van der Waals surface area contributed by atoms with Crippen molar-refractivity contribution in [3.63, 3.8) is 0 Å². The van der Waals surface area contributed by atoms with Gasteiger partial charge in [-0.05, 0) is 11.5 Å². The highest BCUT2D eigenvalue weighted by molar-refractivity contribution is 6.06. The van der Waals surface area contributed by atoms with E-state index in [1.807, 2.05) is 51.3 Å². The largest absolute Gasteiger partial charge is 0.377 e. The van der Waals surface area contributed by atoms with E-state index in [0.29, 0.717) is 0 Å². The average molecular weight is 285 g/mol. The number of nitro groups is 1. The van der Waals surface area contributed by atoms with Crippen LogP contribution in [0.3, 0.4) is 0 Å². The Hall–Kier alpha value is -2.56. The molecule has 0 aliphatic carbocycles. The van der Waals surface area contributed by atoms with Crippen molar-refractivity contribution in [1.29, 1.82) is 0 Å². The van der Waals surface area contributed by atoms with Gasteiger partial charge in [-0.25, -0.2) is 0 Å². The highest BCUT2D eigenvalue weighted by Crippen LogP contribution is 2.36. The SMILES string of the molecule is CN(C)c1cccc2ccc(/C=C/[N+](=O)[O-])c(N(C)C)c12. The second-order valence-electron chi connectivity index (χ2n) is 5.27. The molecule has 0 unspecified atom stereocenters. The quantitative estimate of drug-likeness (QED) is 0.639. The topological polar surface area (TPSA) is 49.6 Å². The molecule has 0 saturated heterocycles. The van der Waals surface area contributed by atoms with Crippen LogP contribution in [-0.4, -0.2) is 33.1 Å². The van der Waals surface area contributed by atoms with E-state index < -0.39 is 4.92 Å². The maximum Gasteiger partial charge on any atom is 0.235 e. The zero-order valence-electron chi connectivity index (χ0n) is 12.7. The monoisotopic (exact) mass is 285 g/mol. The average Bonchev–Trinajstić information content (AvgIpc) is 2.43. The Morgan fingerprint density at radius 1 is 1.05 bits per heavy atom. The molecule has 0 bridgehead atoms. The molecule has 0 fully saturated rings. The second-order valence-corrected chi connectivity index (χ2v) is 5.27. The van der Waals surface area contributed by atoms with E-state index in [9.17, 15) is 10.1 Å². The summed E-state index contributed by atoms with van der Waals surface area (Å²) in [6, 6.07) is 10.0. The van der Waals surface area contributed by atoms with Crippen molar-refractivity contribution < 1.29 is 4.92 Å². The lowest BCUT2D eigenvalue weighted by atomic mass is 10.0. The van der Waals surface area contributed by atoms with Gasteiger partial charge in [-0.3, -0.25) is 10.1 Å². The maximum absolute atomic E-state index is 10.6. The molecule has 0 aliphatic rings. The maximum atomic E-state index is 10.6. The number of fused-ring (bicyclic) bond motifs is 1. The van der Waals surface area contributed by atoms with Crippen LogP contribution in [0, 0.1) is 10.1 Å². The number of nitrogens with zero attached hydrogens (tertiary/aromatic N) is 3. The molecule has 0 aromatic heterocycles. The first-order chi connectivity index (χ1) is 9.91. The Kier molecular flexibility index (Phi) is 4.12. The predicted molar refractivity (Wildman–Crippen MR) is 88.6 cm³/mol. The Balaban J connectivity index is 2.81. The van der Waals surface area contributed by atoms with Gasteiger partial charge < -0.3 is 9.80 Å². The molecular weight excluding hydrogens is 266 g/mol. The van der Waals surface area contributed by atoms with Crippen molar-refractivity contribution >= 4 is 28.2 Å². The lowest BCUT2D eigenvalue weighted by Gasteiger charge is -2.23. The third-order valence-electron chi connectivity index (χ3n) is 3.33. The lowest BCUT2D eigenvalue weighted by Crippen LogP contribution is -2.14. The molecule has 0 radical (unpaired) electrons. The first-order valence-corrected chi connectivity index (χ1v) is 6.64. The summed E-state index contributed by atoms with van der Waals surface area (Å²) in [5.74, 6) is 0. The van der Waals surface area contributed by atoms with E-state index in [0.717, 1.165) is 33.9 Å². The number of anilines is 2. The molecule has 0 saturated carbocycles. The highest BCUT2D eigenvalue weighted by atomic mass is 16.6. The van der Waals surface area contributed by atoms with Gasteiger partial charge in [0.05, 0.1) is 10.6 Å². The molecule has 0 aliphatic heterocycles. The Labute approximate surface area is 124 Å². The molecule has 0 spiro atoms. The van der Waals surface area contributed by atoms with E-state index in [1.165, 1.54) is 0 Å². The van der Waals surface area contributed by atoms with Crippen molar-refractivity contribution in [2.75, 3.05) is 38.0 Å². The minimum Gasteiger partial charge on any atom is -0.377 e. The van der Waals surface area contributed by atoms with E-state index in [2.05, 4.69) is 17.0 Å². The smallest absolute Gasteiger partial charge is 0.235 e.